The van der Waals surface area contributed by atoms with Crippen molar-refractivity contribution in [2.45, 2.75) is 6.92 Å². The zero-order valence-corrected chi connectivity index (χ0v) is 5.07. The van der Waals surface area contributed by atoms with Gasteiger partial charge in [0, 0.05) is 0 Å². The van der Waals surface area contributed by atoms with E-state index in [2.05, 4.69) is 10.7 Å². The third kappa shape index (κ3) is 10.7. The van der Waals surface area contributed by atoms with Crippen molar-refractivity contribution in [1.29, 1.82) is 0 Å². The first-order valence-electron chi connectivity index (χ1n) is 1.84. The zero-order chi connectivity index (χ0) is 4.83. The molecule has 0 saturated heterocycles. The highest BCUT2D eigenvalue weighted by Crippen LogP contribution is 1.66. The van der Waals surface area contributed by atoms with E-state index in [1.54, 1.807) is 0 Å². The van der Waals surface area contributed by atoms with Crippen LogP contribution in [-0.2, 0) is 4.84 Å². The molecule has 0 spiro atoms. The summed E-state index contributed by atoms with van der Waals surface area (Å²) in [5.74, 6) is 4.66. The van der Waals surface area contributed by atoms with E-state index in [1.165, 1.54) is 0 Å². The summed E-state index contributed by atoms with van der Waals surface area (Å²) < 4.78 is 0. The normalized spacial score (nSPS) is 8.86. The second-order valence-corrected chi connectivity index (χ2v) is 0.902. The van der Waals surface area contributed by atoms with Crippen LogP contribution in [0.5, 0.6) is 0 Å². The van der Waals surface area contributed by atoms with E-state index < -0.39 is 0 Å². The van der Waals surface area contributed by atoms with Gasteiger partial charge in [0.05, 0.1) is 6.61 Å². The number of halogens is 1. The van der Waals surface area contributed by atoms with Gasteiger partial charge in [0.2, 0.25) is 0 Å². The van der Waals surface area contributed by atoms with E-state index >= 15 is 0 Å². The third-order valence-electron chi connectivity index (χ3n) is 0.428. The Balaban J connectivity index is 0. The van der Waals surface area contributed by atoms with E-state index in [0.29, 0.717) is 6.61 Å². The Kier molecular flexibility index (Phi) is 13.4. The fourth-order valence-electron chi connectivity index (χ4n) is 0.152. The third-order valence-corrected chi connectivity index (χ3v) is 0.428. The van der Waals surface area contributed by atoms with Gasteiger partial charge in [-0.3, -0.25) is 0 Å². The molecule has 0 aromatic heterocycles. The summed E-state index contributed by atoms with van der Waals surface area (Å²) in [6.07, 6.45) is 3.72. The summed E-state index contributed by atoms with van der Waals surface area (Å²) in [6, 6.07) is 0. The van der Waals surface area contributed by atoms with Crippen LogP contribution in [-0.4, -0.2) is 6.61 Å². The van der Waals surface area contributed by atoms with Crippen molar-refractivity contribution >= 4 is 12.4 Å². The predicted octanol–water partition coefficient (Wildman–Crippen LogP) is 0.875. The van der Waals surface area contributed by atoms with Crippen molar-refractivity contribution in [2.75, 3.05) is 6.61 Å². The monoisotopic (exact) mass is 123 g/mol. The number of nitrogens with two attached hydrogens (primary N) is 1. The minimum absolute atomic E-state index is 0. The number of hydrogen-bond acceptors (Lipinski definition) is 2. The van der Waals surface area contributed by atoms with E-state index in [-0.39, 0.29) is 12.4 Å². The van der Waals surface area contributed by atoms with Gasteiger partial charge in [-0.2, -0.15) is 0 Å². The average Bonchev–Trinajstić information content (AvgIpc) is 1.61. The largest absolute Gasteiger partial charge is 0.300 e. The maximum atomic E-state index is 4.66. The molecule has 0 amide bonds. The first-order valence-corrected chi connectivity index (χ1v) is 1.84. The first kappa shape index (κ1) is 10.0. The highest BCUT2D eigenvalue weighted by atomic mass is 35.5. The van der Waals surface area contributed by atoms with Crippen molar-refractivity contribution in [2.24, 2.45) is 5.90 Å². The fourth-order valence-corrected chi connectivity index (χ4v) is 0.152. The molecule has 0 unspecified atom stereocenters. The standard InChI is InChI=1S/C4H9NO.ClH/c1-2-3-4-6-5;/h2-3H,4-5H2,1H3;1H/b3-2+;. The summed E-state index contributed by atoms with van der Waals surface area (Å²) in [7, 11) is 0. The van der Waals surface area contributed by atoms with Gasteiger partial charge in [0.1, 0.15) is 0 Å². The number of allylic oxidation sites excluding steroid dienone is 1. The Morgan fingerprint density at radius 2 is 2.29 bits per heavy atom. The lowest BCUT2D eigenvalue weighted by Gasteiger charge is -1.81. The van der Waals surface area contributed by atoms with Crippen molar-refractivity contribution in [3.05, 3.63) is 12.2 Å². The highest BCUT2D eigenvalue weighted by Gasteiger charge is 1.62. The number of hydrogen-bond donors (Lipinski definition) is 1. The maximum absolute atomic E-state index is 4.66. The van der Waals surface area contributed by atoms with Gasteiger partial charge in [-0.25, -0.2) is 5.90 Å². The molecule has 0 radical (unpaired) electrons. The highest BCUT2D eigenvalue weighted by molar-refractivity contribution is 5.85. The van der Waals surface area contributed by atoms with Crippen LogP contribution in [0.1, 0.15) is 6.92 Å². The van der Waals surface area contributed by atoms with Crippen LogP contribution in [0.25, 0.3) is 0 Å². The number of rotatable bonds is 2. The Bertz CT molecular complexity index is 47.0. The molecule has 0 bridgehead atoms. The van der Waals surface area contributed by atoms with E-state index in [1.807, 2.05) is 19.1 Å². The molecule has 0 aliphatic rings. The predicted molar refractivity (Wildman–Crippen MR) is 32.2 cm³/mol. The van der Waals surface area contributed by atoms with Crippen LogP contribution < -0.4 is 5.90 Å². The second kappa shape index (κ2) is 9.34. The second-order valence-electron chi connectivity index (χ2n) is 0.902. The molecule has 0 heterocycles. The molecule has 3 heteroatoms. The molecule has 0 atom stereocenters. The lowest BCUT2D eigenvalue weighted by Crippen LogP contribution is -1.96. The van der Waals surface area contributed by atoms with Gasteiger partial charge in [-0.15, -0.1) is 12.4 Å². The van der Waals surface area contributed by atoms with E-state index in [9.17, 15) is 0 Å². The molecule has 0 fully saturated rings. The van der Waals surface area contributed by atoms with Gasteiger partial charge in [-0.1, -0.05) is 12.2 Å². The van der Waals surface area contributed by atoms with Gasteiger partial charge in [-0.05, 0) is 6.92 Å². The minimum Gasteiger partial charge on any atom is -0.300 e. The summed E-state index contributed by atoms with van der Waals surface area (Å²) in [4.78, 5) is 4.20. The van der Waals surface area contributed by atoms with Crippen molar-refractivity contribution in [1.82, 2.24) is 0 Å². The summed E-state index contributed by atoms with van der Waals surface area (Å²) >= 11 is 0. The lowest BCUT2D eigenvalue weighted by atomic mass is 10.6. The molecule has 0 aromatic rings. The van der Waals surface area contributed by atoms with Crippen LogP contribution in [0.4, 0.5) is 0 Å². The van der Waals surface area contributed by atoms with Crippen LogP contribution in [0.3, 0.4) is 0 Å². The van der Waals surface area contributed by atoms with Crippen molar-refractivity contribution in [3.8, 4) is 0 Å². The molecule has 0 rings (SSSR count). The molecule has 0 saturated carbocycles. The van der Waals surface area contributed by atoms with E-state index in [0.717, 1.165) is 0 Å². The van der Waals surface area contributed by atoms with Crippen LogP contribution in [0, 0.1) is 0 Å². The van der Waals surface area contributed by atoms with Gasteiger partial charge in [0.25, 0.3) is 0 Å². The summed E-state index contributed by atoms with van der Waals surface area (Å²) in [5.41, 5.74) is 0. The molecular formula is C4H10ClNO. The van der Waals surface area contributed by atoms with Crippen molar-refractivity contribution < 1.29 is 4.84 Å². The van der Waals surface area contributed by atoms with E-state index in [4.69, 9.17) is 0 Å². The minimum atomic E-state index is 0. The quantitative estimate of drug-likeness (QED) is 0.437. The zero-order valence-electron chi connectivity index (χ0n) is 4.26. The van der Waals surface area contributed by atoms with Crippen LogP contribution in [0.2, 0.25) is 0 Å². The first-order chi connectivity index (χ1) is 2.91. The SMILES string of the molecule is C/C=C/CON.Cl. The Morgan fingerprint density at radius 1 is 1.71 bits per heavy atom. The fraction of sp³-hybridized carbons (Fsp3) is 0.500. The molecule has 0 aliphatic heterocycles. The molecular weight excluding hydrogens is 114 g/mol. The molecule has 2 nitrogen and oxygen atoms in total. The Morgan fingerprint density at radius 3 is 2.43 bits per heavy atom. The molecule has 7 heavy (non-hydrogen) atoms. The molecule has 2 N–H and O–H groups in total. The average molecular weight is 124 g/mol. The lowest BCUT2D eigenvalue weighted by molar-refractivity contribution is 0.168. The molecule has 44 valence electrons. The molecule has 0 aliphatic carbocycles. The van der Waals surface area contributed by atoms with Gasteiger partial charge < -0.3 is 4.84 Å². The van der Waals surface area contributed by atoms with Crippen LogP contribution >= 0.6 is 12.4 Å². The van der Waals surface area contributed by atoms with Gasteiger partial charge in [0.15, 0.2) is 0 Å². The smallest absolute Gasteiger partial charge is 0.0860 e. The maximum Gasteiger partial charge on any atom is 0.0860 e. The molecule has 0 aromatic carbocycles. The summed E-state index contributed by atoms with van der Waals surface area (Å²) in [6.45, 7) is 2.43. The topological polar surface area (TPSA) is 35.2 Å². The Hall–Kier alpha value is -0.0500. The summed E-state index contributed by atoms with van der Waals surface area (Å²) in [5, 5.41) is 0. The van der Waals surface area contributed by atoms with Gasteiger partial charge >= 0.3 is 0 Å². The Labute approximate surface area is 49.7 Å². The van der Waals surface area contributed by atoms with Crippen LogP contribution in [0.15, 0.2) is 12.2 Å². The van der Waals surface area contributed by atoms with Crippen molar-refractivity contribution in [3.63, 3.8) is 0 Å².